The van der Waals surface area contributed by atoms with Gasteiger partial charge in [0.2, 0.25) is 11.8 Å². The van der Waals surface area contributed by atoms with Crippen LogP contribution in [-0.2, 0) is 11.2 Å². The van der Waals surface area contributed by atoms with Crippen LogP contribution in [0, 0.1) is 5.82 Å². The molecule has 0 spiro atoms. The Morgan fingerprint density at radius 1 is 1.17 bits per heavy atom. The lowest BCUT2D eigenvalue weighted by Crippen LogP contribution is -2.56. The number of anilines is 1. The van der Waals surface area contributed by atoms with Crippen molar-refractivity contribution in [3.05, 3.63) is 53.0 Å². The summed E-state index contributed by atoms with van der Waals surface area (Å²) in [6, 6.07) is 7.05. The van der Waals surface area contributed by atoms with E-state index in [4.69, 9.17) is 10.5 Å². The number of carboxylic acid groups (broad SMARTS) is 1. The molecule has 3 N–H and O–H groups in total. The number of halogens is 1. The minimum Gasteiger partial charge on any atom is -0.474 e. The number of carbonyl (C=O) groups is 3. The molecule has 0 bridgehead atoms. The predicted molar refractivity (Wildman–Crippen MR) is 125 cm³/mol. The van der Waals surface area contributed by atoms with Gasteiger partial charge in [0.05, 0.1) is 12.6 Å². The fraction of sp³-hybridized carbons (Fsp3) is 0.417. The first-order valence-corrected chi connectivity index (χ1v) is 11.4. The molecule has 4 rings (SSSR count). The van der Waals surface area contributed by atoms with Crippen LogP contribution in [0.15, 0.2) is 30.3 Å². The van der Waals surface area contributed by atoms with Crippen LogP contribution in [0.1, 0.15) is 35.5 Å². The molecule has 3 amide bonds. The molecule has 2 atom stereocenters. The number of fused-ring (bicyclic) bond motifs is 1. The summed E-state index contributed by atoms with van der Waals surface area (Å²) in [5, 5.41) is 9.29. The first kappa shape index (κ1) is 24.4. The number of carbonyl (C=O) groups excluding carboxylic acids is 2. The van der Waals surface area contributed by atoms with Crippen LogP contribution < -0.4 is 15.4 Å². The topological polar surface area (TPSA) is 129 Å². The zero-order valence-corrected chi connectivity index (χ0v) is 19.6. The maximum Gasteiger partial charge on any atom is 0.407 e. The molecule has 35 heavy (non-hydrogen) atoms. The van der Waals surface area contributed by atoms with Crippen LogP contribution >= 0.6 is 0 Å². The molecule has 1 unspecified atom stereocenters. The maximum absolute atomic E-state index is 13.4. The minimum atomic E-state index is -0.968. The molecule has 1 saturated heterocycles. The number of aromatic nitrogens is 1. The lowest BCUT2D eigenvalue weighted by molar-refractivity contribution is -0.121. The van der Waals surface area contributed by atoms with Gasteiger partial charge >= 0.3 is 6.09 Å². The number of nitrogens with zero attached hydrogens (tertiary/aromatic N) is 4. The Morgan fingerprint density at radius 2 is 1.89 bits per heavy atom. The average Bonchev–Trinajstić information content (AvgIpc) is 2.79. The Bertz CT molecular complexity index is 1140. The largest absolute Gasteiger partial charge is 0.474 e. The van der Waals surface area contributed by atoms with E-state index >= 15 is 0 Å². The predicted octanol–water partition coefficient (Wildman–Crippen LogP) is 1.71. The Balaban J connectivity index is 1.60. The first-order valence-electron chi connectivity index (χ1n) is 11.4. The van der Waals surface area contributed by atoms with Crippen molar-refractivity contribution >= 4 is 23.6 Å². The van der Waals surface area contributed by atoms with Crippen molar-refractivity contribution in [3.8, 4) is 5.88 Å². The van der Waals surface area contributed by atoms with Gasteiger partial charge < -0.3 is 25.4 Å². The number of primary amides is 1. The van der Waals surface area contributed by atoms with Crippen molar-refractivity contribution in [3.63, 3.8) is 0 Å². The third kappa shape index (κ3) is 5.19. The molecule has 2 aliphatic heterocycles. The second-order valence-electron chi connectivity index (χ2n) is 8.97. The highest BCUT2D eigenvalue weighted by atomic mass is 19.1. The fourth-order valence-electron chi connectivity index (χ4n) is 4.59. The molecule has 3 heterocycles. The third-order valence-electron chi connectivity index (χ3n) is 6.34. The van der Waals surface area contributed by atoms with Crippen LogP contribution in [0.3, 0.4) is 0 Å². The number of pyridine rings is 1. The molecule has 2 aliphatic rings. The summed E-state index contributed by atoms with van der Waals surface area (Å²) in [7, 11) is 0. The molecule has 2 aromatic rings. The first-order chi connectivity index (χ1) is 16.6. The minimum absolute atomic E-state index is 0.0358. The van der Waals surface area contributed by atoms with Gasteiger partial charge in [-0.1, -0.05) is 12.1 Å². The number of amides is 3. The van der Waals surface area contributed by atoms with E-state index in [2.05, 4.69) is 4.98 Å². The Hall–Kier alpha value is -3.73. The van der Waals surface area contributed by atoms with Crippen LogP contribution in [-0.4, -0.2) is 82.7 Å². The second-order valence-corrected chi connectivity index (χ2v) is 8.97. The highest BCUT2D eigenvalue weighted by molar-refractivity contribution is 5.98. The summed E-state index contributed by atoms with van der Waals surface area (Å²) in [6.45, 7) is 5.18. The van der Waals surface area contributed by atoms with Gasteiger partial charge in [-0.15, -0.1) is 0 Å². The molecule has 11 heteroatoms. The van der Waals surface area contributed by atoms with E-state index in [0.717, 1.165) is 5.56 Å². The van der Waals surface area contributed by atoms with Crippen molar-refractivity contribution in [1.29, 1.82) is 0 Å². The molecule has 0 radical (unpaired) electrons. The summed E-state index contributed by atoms with van der Waals surface area (Å²) in [5.74, 6) is -1.13. The Kier molecular flexibility index (Phi) is 6.88. The van der Waals surface area contributed by atoms with Crippen LogP contribution in [0.25, 0.3) is 0 Å². The van der Waals surface area contributed by atoms with E-state index in [9.17, 15) is 23.9 Å². The quantitative estimate of drug-likeness (QED) is 0.660. The molecular weight excluding hydrogens is 457 g/mol. The number of ether oxygens (including phenoxy) is 1. The molecule has 186 valence electrons. The monoisotopic (exact) mass is 485 g/mol. The van der Waals surface area contributed by atoms with Crippen molar-refractivity contribution in [2.75, 3.05) is 37.7 Å². The van der Waals surface area contributed by atoms with Gasteiger partial charge in [-0.3, -0.25) is 14.5 Å². The number of hydrogen-bond donors (Lipinski definition) is 2. The molecule has 0 saturated carbocycles. The zero-order valence-electron chi connectivity index (χ0n) is 19.6. The van der Waals surface area contributed by atoms with Gasteiger partial charge in [0.1, 0.15) is 23.8 Å². The van der Waals surface area contributed by atoms with E-state index in [1.54, 1.807) is 23.1 Å². The number of nitrogens with two attached hydrogens (primary N) is 1. The van der Waals surface area contributed by atoms with Crippen LogP contribution in [0.4, 0.5) is 14.9 Å². The van der Waals surface area contributed by atoms with Crippen molar-refractivity contribution in [2.45, 2.75) is 32.4 Å². The maximum atomic E-state index is 13.4. The Morgan fingerprint density at radius 3 is 2.51 bits per heavy atom. The molecule has 1 fully saturated rings. The van der Waals surface area contributed by atoms with Crippen LogP contribution in [0.5, 0.6) is 5.88 Å². The van der Waals surface area contributed by atoms with Gasteiger partial charge in [0, 0.05) is 25.7 Å². The molecule has 1 aromatic carbocycles. The second kappa shape index (κ2) is 9.87. The molecule has 0 aliphatic carbocycles. The van der Waals surface area contributed by atoms with Crippen molar-refractivity contribution in [2.24, 2.45) is 5.73 Å². The summed E-state index contributed by atoms with van der Waals surface area (Å²) in [5.41, 5.74) is 7.30. The molecule has 10 nitrogen and oxygen atoms in total. The standard InChI is InChI=1S/C24H28FN5O5/c1-14-11-28(7-8-29(14)24(33)34)12-20(31)30-15(2)13-35-23-19(30)10-17(21(27-23)22(26)32)9-16-3-5-18(25)6-4-16/h3-6,10,14-15H,7-9,11-13H2,1-2H3,(H2,26,32)(H,33,34)/t14?,15-/m0/s1. The SMILES string of the molecule is CC1CN(CC(=O)N2c3cc(Cc4ccc(F)cc4)c(C(N)=O)nc3OC[C@@H]2C)CCN1C(=O)O. The summed E-state index contributed by atoms with van der Waals surface area (Å²) in [4.78, 5) is 46.1. The number of hydrogen-bond acceptors (Lipinski definition) is 6. The van der Waals surface area contributed by atoms with Gasteiger partial charge in [-0.05, 0) is 49.6 Å². The van der Waals surface area contributed by atoms with E-state index in [1.165, 1.54) is 17.0 Å². The summed E-state index contributed by atoms with van der Waals surface area (Å²) < 4.78 is 19.1. The smallest absolute Gasteiger partial charge is 0.407 e. The summed E-state index contributed by atoms with van der Waals surface area (Å²) in [6.07, 6.45) is -0.701. The highest BCUT2D eigenvalue weighted by Gasteiger charge is 2.35. The molecule has 1 aromatic heterocycles. The third-order valence-corrected chi connectivity index (χ3v) is 6.34. The van der Waals surface area contributed by atoms with Crippen molar-refractivity contribution < 1.29 is 28.6 Å². The number of piperazine rings is 1. The van der Waals surface area contributed by atoms with Gasteiger partial charge in [-0.2, -0.15) is 0 Å². The number of benzene rings is 1. The van der Waals surface area contributed by atoms with E-state index in [1.807, 2.05) is 18.7 Å². The highest BCUT2D eigenvalue weighted by Crippen LogP contribution is 2.35. The van der Waals surface area contributed by atoms with E-state index in [0.29, 0.717) is 30.9 Å². The fourth-order valence-corrected chi connectivity index (χ4v) is 4.59. The lowest BCUT2D eigenvalue weighted by Gasteiger charge is -2.40. The Labute approximate surface area is 202 Å². The zero-order chi connectivity index (χ0) is 25.3. The molecular formula is C24H28FN5O5. The average molecular weight is 486 g/mol. The normalized spacial score (nSPS) is 20.2. The van der Waals surface area contributed by atoms with Crippen molar-refractivity contribution in [1.82, 2.24) is 14.8 Å². The number of rotatable bonds is 5. The van der Waals surface area contributed by atoms with Gasteiger partial charge in [0.15, 0.2) is 0 Å². The lowest BCUT2D eigenvalue weighted by atomic mass is 10.0. The van der Waals surface area contributed by atoms with E-state index < -0.39 is 12.0 Å². The summed E-state index contributed by atoms with van der Waals surface area (Å²) >= 11 is 0. The van der Waals surface area contributed by atoms with Gasteiger partial charge in [0.25, 0.3) is 5.91 Å². The van der Waals surface area contributed by atoms with Gasteiger partial charge in [-0.25, -0.2) is 14.2 Å². The van der Waals surface area contributed by atoms with Crippen LogP contribution in [0.2, 0.25) is 0 Å². The van der Waals surface area contributed by atoms with E-state index in [-0.39, 0.29) is 55.0 Å².